The molecule has 4 rings (SSSR count). The van der Waals surface area contributed by atoms with Gasteiger partial charge in [-0.1, -0.05) is 42.5 Å². The summed E-state index contributed by atoms with van der Waals surface area (Å²) in [4.78, 5) is 27.6. The molecule has 5 heteroatoms. The van der Waals surface area contributed by atoms with Crippen LogP contribution in [0.3, 0.4) is 0 Å². The highest BCUT2D eigenvalue weighted by Gasteiger charge is 2.32. The first-order chi connectivity index (χ1) is 14.4. The number of ether oxygens (including phenoxy) is 1. The van der Waals surface area contributed by atoms with E-state index in [0.717, 1.165) is 28.4 Å². The minimum absolute atomic E-state index is 0.0285. The molecule has 1 unspecified atom stereocenters. The van der Waals surface area contributed by atoms with Crippen LogP contribution in [0.4, 0.5) is 5.69 Å². The van der Waals surface area contributed by atoms with Crippen LogP contribution in [0, 0.1) is 0 Å². The van der Waals surface area contributed by atoms with Crippen LogP contribution in [0.1, 0.15) is 36.7 Å². The second-order valence-corrected chi connectivity index (χ2v) is 8.06. The number of nitrogens with zero attached hydrogens (tertiary/aromatic N) is 1. The number of carbonyl (C=O) groups excluding carboxylic acids is 2. The molecule has 0 saturated heterocycles. The van der Waals surface area contributed by atoms with Gasteiger partial charge in [0.2, 0.25) is 0 Å². The molecular formula is C25H26N2O3. The zero-order chi connectivity index (χ0) is 21.3. The fraction of sp³-hybridized carbons (Fsp3) is 0.280. The molecule has 5 nitrogen and oxygen atoms in total. The van der Waals surface area contributed by atoms with Gasteiger partial charge >= 0.3 is 0 Å². The van der Waals surface area contributed by atoms with E-state index in [1.807, 2.05) is 73.3 Å². The summed E-state index contributed by atoms with van der Waals surface area (Å²) in [6.45, 7) is 5.71. The van der Waals surface area contributed by atoms with Gasteiger partial charge < -0.3 is 15.0 Å². The molecule has 0 spiro atoms. The Morgan fingerprint density at radius 3 is 2.47 bits per heavy atom. The molecule has 3 aromatic rings. The van der Waals surface area contributed by atoms with E-state index in [9.17, 15) is 9.59 Å². The summed E-state index contributed by atoms with van der Waals surface area (Å²) in [7, 11) is 0. The Hall–Kier alpha value is -3.34. The van der Waals surface area contributed by atoms with Crippen LogP contribution in [-0.4, -0.2) is 30.5 Å². The van der Waals surface area contributed by atoms with Crippen molar-refractivity contribution in [1.82, 2.24) is 5.32 Å². The van der Waals surface area contributed by atoms with Crippen LogP contribution in [0.2, 0.25) is 0 Å². The van der Waals surface area contributed by atoms with E-state index in [1.165, 1.54) is 0 Å². The van der Waals surface area contributed by atoms with Gasteiger partial charge in [-0.2, -0.15) is 0 Å². The lowest BCUT2D eigenvalue weighted by Gasteiger charge is -2.24. The molecule has 1 aliphatic heterocycles. The molecule has 0 saturated carbocycles. The maximum Gasteiger partial charge on any atom is 0.262 e. The van der Waals surface area contributed by atoms with Gasteiger partial charge in [0, 0.05) is 17.8 Å². The molecular weight excluding hydrogens is 376 g/mol. The Morgan fingerprint density at radius 2 is 1.73 bits per heavy atom. The average Bonchev–Trinajstić information content (AvgIpc) is 3.06. The topological polar surface area (TPSA) is 58.6 Å². The van der Waals surface area contributed by atoms with Crippen LogP contribution >= 0.6 is 0 Å². The summed E-state index contributed by atoms with van der Waals surface area (Å²) in [5.74, 6) is 0.100. The van der Waals surface area contributed by atoms with Crippen LogP contribution < -0.4 is 15.0 Å². The van der Waals surface area contributed by atoms with Crippen LogP contribution in [0.5, 0.6) is 5.75 Å². The van der Waals surface area contributed by atoms with E-state index >= 15 is 0 Å². The van der Waals surface area contributed by atoms with Crippen molar-refractivity contribution in [1.29, 1.82) is 0 Å². The molecule has 2 amide bonds. The second kappa shape index (κ2) is 8.19. The fourth-order valence-corrected chi connectivity index (χ4v) is 4.02. The minimum Gasteiger partial charge on any atom is -0.483 e. The highest BCUT2D eigenvalue weighted by molar-refractivity contribution is 6.11. The van der Waals surface area contributed by atoms with Crippen molar-refractivity contribution in [2.24, 2.45) is 0 Å². The van der Waals surface area contributed by atoms with Gasteiger partial charge in [0.1, 0.15) is 5.75 Å². The summed E-state index contributed by atoms with van der Waals surface area (Å²) in [6.07, 6.45) is 0.822. The van der Waals surface area contributed by atoms with Crippen molar-refractivity contribution in [2.75, 3.05) is 11.5 Å². The maximum absolute atomic E-state index is 13.7. The predicted molar refractivity (Wildman–Crippen MR) is 119 cm³/mol. The summed E-state index contributed by atoms with van der Waals surface area (Å²) in [5.41, 5.74) is 2.57. The number of benzene rings is 3. The number of hydrogen-bond donors (Lipinski definition) is 1. The molecule has 1 atom stereocenters. The van der Waals surface area contributed by atoms with E-state index in [4.69, 9.17) is 4.74 Å². The van der Waals surface area contributed by atoms with E-state index in [-0.39, 0.29) is 30.5 Å². The third kappa shape index (κ3) is 3.88. The number of hydrogen-bond acceptors (Lipinski definition) is 3. The Bertz CT molecular complexity index is 1110. The van der Waals surface area contributed by atoms with Gasteiger partial charge in [0.05, 0.1) is 5.56 Å². The zero-order valence-corrected chi connectivity index (χ0v) is 17.5. The summed E-state index contributed by atoms with van der Waals surface area (Å²) < 4.78 is 5.85. The lowest BCUT2D eigenvalue weighted by Crippen LogP contribution is -2.36. The molecule has 0 bridgehead atoms. The van der Waals surface area contributed by atoms with Gasteiger partial charge in [-0.3, -0.25) is 9.59 Å². The van der Waals surface area contributed by atoms with Gasteiger partial charge in [-0.25, -0.2) is 0 Å². The maximum atomic E-state index is 13.7. The standard InChI is InChI=1S/C25H26N2O3/c1-16(2)26-24(28)15-30-23-14-19-9-5-4-8-18(19)13-21(23)25(29)27-17(3)12-20-10-6-7-11-22(20)27/h4-11,13-14,16-17H,12,15H2,1-3H3,(H,26,28). The number of rotatable bonds is 5. The number of anilines is 1. The zero-order valence-electron chi connectivity index (χ0n) is 17.5. The average molecular weight is 402 g/mol. The molecule has 0 fully saturated rings. The Morgan fingerprint density at radius 1 is 1.07 bits per heavy atom. The normalized spacial score (nSPS) is 15.3. The molecule has 0 aliphatic carbocycles. The molecule has 1 aliphatic rings. The van der Waals surface area contributed by atoms with Crippen molar-refractivity contribution < 1.29 is 14.3 Å². The van der Waals surface area contributed by atoms with Gasteiger partial charge in [-0.05, 0) is 61.7 Å². The van der Waals surface area contributed by atoms with E-state index in [0.29, 0.717) is 11.3 Å². The van der Waals surface area contributed by atoms with Gasteiger partial charge in [-0.15, -0.1) is 0 Å². The first kappa shape index (κ1) is 20.0. The number of para-hydroxylation sites is 1. The number of fused-ring (bicyclic) bond motifs is 2. The molecule has 0 radical (unpaired) electrons. The Kier molecular flexibility index (Phi) is 5.44. The second-order valence-electron chi connectivity index (χ2n) is 8.06. The van der Waals surface area contributed by atoms with E-state index < -0.39 is 0 Å². The van der Waals surface area contributed by atoms with Crippen molar-refractivity contribution in [3.05, 3.63) is 71.8 Å². The highest BCUT2D eigenvalue weighted by Crippen LogP contribution is 2.35. The Balaban J connectivity index is 1.71. The van der Waals surface area contributed by atoms with Crippen molar-refractivity contribution in [3.63, 3.8) is 0 Å². The first-order valence-corrected chi connectivity index (χ1v) is 10.3. The molecule has 1 heterocycles. The smallest absolute Gasteiger partial charge is 0.262 e. The predicted octanol–water partition coefficient (Wildman–Crippen LogP) is 4.33. The highest BCUT2D eigenvalue weighted by atomic mass is 16.5. The Labute approximate surface area is 176 Å². The van der Waals surface area contributed by atoms with Gasteiger partial charge in [0.15, 0.2) is 6.61 Å². The van der Waals surface area contributed by atoms with Crippen LogP contribution in [0.15, 0.2) is 60.7 Å². The van der Waals surface area contributed by atoms with E-state index in [2.05, 4.69) is 18.3 Å². The van der Waals surface area contributed by atoms with Crippen LogP contribution in [-0.2, 0) is 11.2 Å². The lowest BCUT2D eigenvalue weighted by atomic mass is 10.0. The molecule has 154 valence electrons. The quantitative estimate of drug-likeness (QED) is 0.691. The lowest BCUT2D eigenvalue weighted by molar-refractivity contribution is -0.123. The molecule has 1 N–H and O–H groups in total. The van der Waals surface area contributed by atoms with Crippen LogP contribution in [0.25, 0.3) is 10.8 Å². The van der Waals surface area contributed by atoms with Crippen molar-refractivity contribution in [2.45, 2.75) is 39.3 Å². The molecule has 0 aromatic heterocycles. The third-order valence-electron chi connectivity index (χ3n) is 5.31. The molecule has 3 aromatic carbocycles. The monoisotopic (exact) mass is 402 g/mol. The number of amides is 2. The first-order valence-electron chi connectivity index (χ1n) is 10.3. The summed E-state index contributed by atoms with van der Waals surface area (Å²) in [6, 6.07) is 19.6. The van der Waals surface area contributed by atoms with Crippen molar-refractivity contribution in [3.8, 4) is 5.75 Å². The number of nitrogens with one attached hydrogen (secondary N) is 1. The van der Waals surface area contributed by atoms with Gasteiger partial charge in [0.25, 0.3) is 11.8 Å². The largest absolute Gasteiger partial charge is 0.483 e. The fourth-order valence-electron chi connectivity index (χ4n) is 4.02. The molecule has 30 heavy (non-hydrogen) atoms. The summed E-state index contributed by atoms with van der Waals surface area (Å²) >= 11 is 0. The summed E-state index contributed by atoms with van der Waals surface area (Å²) in [5, 5.41) is 4.73. The number of carbonyl (C=O) groups is 2. The van der Waals surface area contributed by atoms with Crippen molar-refractivity contribution >= 4 is 28.3 Å². The third-order valence-corrected chi connectivity index (χ3v) is 5.31. The van der Waals surface area contributed by atoms with E-state index in [1.54, 1.807) is 0 Å². The minimum atomic E-state index is -0.212. The SMILES string of the molecule is CC(C)NC(=O)COc1cc2ccccc2cc1C(=O)N1c2ccccc2CC1C.